The lowest BCUT2D eigenvalue weighted by Crippen LogP contribution is -2.26. The first-order valence-corrected chi connectivity index (χ1v) is 8.50. The van der Waals surface area contributed by atoms with Gasteiger partial charge in [0.1, 0.15) is 0 Å². The normalized spacial score (nSPS) is 10.8. The van der Waals surface area contributed by atoms with E-state index >= 15 is 0 Å². The van der Waals surface area contributed by atoms with Gasteiger partial charge in [-0.1, -0.05) is 67.9 Å². The van der Waals surface area contributed by atoms with Gasteiger partial charge in [-0.2, -0.15) is 0 Å². The molecule has 0 atom stereocenters. The molecule has 24 heavy (non-hydrogen) atoms. The van der Waals surface area contributed by atoms with E-state index in [4.69, 9.17) is 0 Å². The number of hydrogen-bond acceptors (Lipinski definition) is 1. The van der Waals surface area contributed by atoms with Gasteiger partial charge in [-0.15, -0.1) is 0 Å². The first-order valence-electron chi connectivity index (χ1n) is 8.50. The predicted octanol–water partition coefficient (Wildman–Crippen LogP) is 5.06. The second-order valence-corrected chi connectivity index (χ2v) is 6.25. The van der Waals surface area contributed by atoms with Gasteiger partial charge in [0, 0.05) is 19.2 Å². The Morgan fingerprint density at radius 2 is 1.71 bits per heavy atom. The van der Waals surface area contributed by atoms with Crippen molar-refractivity contribution in [3.8, 4) is 0 Å². The third-order valence-corrected chi connectivity index (χ3v) is 4.35. The number of nitrogens with zero attached hydrogens (tertiary/aromatic N) is 1. The third-order valence-electron chi connectivity index (χ3n) is 4.35. The smallest absolute Gasteiger partial charge is 0.253 e. The Morgan fingerprint density at radius 3 is 2.54 bits per heavy atom. The Kier molecular flexibility index (Phi) is 4.95. The van der Waals surface area contributed by atoms with Crippen molar-refractivity contribution in [1.82, 2.24) is 4.90 Å². The molecule has 0 bridgehead atoms. The summed E-state index contributed by atoms with van der Waals surface area (Å²) in [6.45, 7) is 2.76. The Morgan fingerprint density at radius 1 is 0.958 bits per heavy atom. The molecule has 0 saturated heterocycles. The molecule has 0 saturated carbocycles. The molecule has 0 fully saturated rings. The van der Waals surface area contributed by atoms with Gasteiger partial charge >= 0.3 is 0 Å². The van der Waals surface area contributed by atoms with Crippen LogP contribution in [-0.4, -0.2) is 17.9 Å². The quantitative estimate of drug-likeness (QED) is 0.644. The van der Waals surface area contributed by atoms with E-state index in [2.05, 4.69) is 43.3 Å². The van der Waals surface area contributed by atoms with Gasteiger partial charge in [0.2, 0.25) is 0 Å². The van der Waals surface area contributed by atoms with E-state index in [-0.39, 0.29) is 5.91 Å². The molecule has 0 aliphatic rings. The summed E-state index contributed by atoms with van der Waals surface area (Å²) in [6, 6.07) is 22.6. The summed E-state index contributed by atoms with van der Waals surface area (Å²) >= 11 is 0. The minimum Gasteiger partial charge on any atom is -0.337 e. The molecule has 122 valence electrons. The molecule has 1 amide bonds. The van der Waals surface area contributed by atoms with E-state index in [1.54, 1.807) is 4.90 Å². The Bertz CT molecular complexity index is 848. The van der Waals surface area contributed by atoms with Gasteiger partial charge in [-0.25, -0.2) is 0 Å². The van der Waals surface area contributed by atoms with Gasteiger partial charge in [-0.05, 0) is 40.5 Å². The Labute approximate surface area is 143 Å². The molecule has 0 aliphatic carbocycles. The van der Waals surface area contributed by atoms with Crippen molar-refractivity contribution >= 4 is 16.7 Å². The maximum Gasteiger partial charge on any atom is 0.253 e. The van der Waals surface area contributed by atoms with Crippen LogP contribution in [0, 0.1) is 0 Å². The molecule has 0 spiro atoms. The van der Waals surface area contributed by atoms with E-state index in [0.717, 1.165) is 18.4 Å². The van der Waals surface area contributed by atoms with E-state index < -0.39 is 0 Å². The summed E-state index contributed by atoms with van der Waals surface area (Å²) in [5.41, 5.74) is 3.17. The zero-order valence-corrected chi connectivity index (χ0v) is 14.3. The zero-order chi connectivity index (χ0) is 16.9. The van der Waals surface area contributed by atoms with E-state index in [1.807, 2.05) is 37.4 Å². The van der Waals surface area contributed by atoms with Crippen molar-refractivity contribution in [2.45, 2.75) is 26.3 Å². The van der Waals surface area contributed by atoms with E-state index in [0.29, 0.717) is 6.54 Å². The van der Waals surface area contributed by atoms with Gasteiger partial charge in [0.15, 0.2) is 0 Å². The molecule has 0 unspecified atom stereocenters. The highest BCUT2D eigenvalue weighted by atomic mass is 16.2. The molecule has 0 aliphatic heterocycles. The maximum absolute atomic E-state index is 12.8. The van der Waals surface area contributed by atoms with Crippen LogP contribution in [0.25, 0.3) is 10.8 Å². The van der Waals surface area contributed by atoms with E-state index in [1.165, 1.54) is 21.9 Å². The molecule has 3 rings (SSSR count). The minimum absolute atomic E-state index is 0.0703. The topological polar surface area (TPSA) is 20.3 Å². The number of aryl methyl sites for hydroxylation is 1. The second-order valence-electron chi connectivity index (χ2n) is 6.25. The average molecular weight is 317 g/mol. The lowest BCUT2D eigenvalue weighted by Gasteiger charge is -2.19. The molecule has 0 N–H and O–H groups in total. The summed E-state index contributed by atoms with van der Waals surface area (Å²) in [4.78, 5) is 14.6. The number of carbonyl (C=O) groups excluding carboxylic acids is 1. The van der Waals surface area contributed by atoms with Crippen LogP contribution in [0.3, 0.4) is 0 Å². The molecule has 3 aromatic rings. The Balaban J connectivity index is 1.82. The fourth-order valence-corrected chi connectivity index (χ4v) is 3.13. The van der Waals surface area contributed by atoms with Crippen molar-refractivity contribution in [1.29, 1.82) is 0 Å². The minimum atomic E-state index is 0.0703. The number of hydrogen-bond donors (Lipinski definition) is 0. The largest absolute Gasteiger partial charge is 0.337 e. The average Bonchev–Trinajstić information content (AvgIpc) is 2.62. The van der Waals surface area contributed by atoms with Crippen molar-refractivity contribution in [2.75, 3.05) is 7.05 Å². The lowest BCUT2D eigenvalue weighted by atomic mass is 10.0. The van der Waals surface area contributed by atoms with Gasteiger partial charge in [0.05, 0.1) is 0 Å². The maximum atomic E-state index is 12.8. The van der Waals surface area contributed by atoms with Crippen molar-refractivity contribution in [3.05, 3.63) is 83.4 Å². The summed E-state index contributed by atoms with van der Waals surface area (Å²) in [7, 11) is 1.87. The highest BCUT2D eigenvalue weighted by Gasteiger charge is 2.13. The number of fused-ring (bicyclic) bond motifs is 1. The van der Waals surface area contributed by atoms with Crippen LogP contribution in [0.5, 0.6) is 0 Å². The molecular formula is C22H23NO. The fourth-order valence-electron chi connectivity index (χ4n) is 3.13. The number of amides is 1. The predicted molar refractivity (Wildman–Crippen MR) is 100 cm³/mol. The third kappa shape index (κ3) is 3.48. The van der Waals surface area contributed by atoms with Crippen molar-refractivity contribution < 1.29 is 4.79 Å². The summed E-state index contributed by atoms with van der Waals surface area (Å²) < 4.78 is 0. The molecular weight excluding hydrogens is 294 g/mol. The molecule has 3 aromatic carbocycles. The lowest BCUT2D eigenvalue weighted by molar-refractivity contribution is 0.0785. The molecule has 0 heterocycles. The highest BCUT2D eigenvalue weighted by Crippen LogP contribution is 2.20. The summed E-state index contributed by atoms with van der Waals surface area (Å²) in [5.74, 6) is 0.0703. The van der Waals surface area contributed by atoms with Crippen LogP contribution < -0.4 is 0 Å². The molecule has 2 nitrogen and oxygen atoms in total. The highest BCUT2D eigenvalue weighted by molar-refractivity contribution is 5.94. The number of carbonyl (C=O) groups is 1. The van der Waals surface area contributed by atoms with Crippen molar-refractivity contribution in [3.63, 3.8) is 0 Å². The van der Waals surface area contributed by atoms with Gasteiger partial charge in [-0.3, -0.25) is 4.79 Å². The number of rotatable bonds is 5. The SMILES string of the molecule is CCCc1cccc(C(=O)N(C)Cc2cccc3ccccc23)c1. The summed E-state index contributed by atoms with van der Waals surface area (Å²) in [5, 5.41) is 2.42. The van der Waals surface area contributed by atoms with Crippen molar-refractivity contribution in [2.24, 2.45) is 0 Å². The summed E-state index contributed by atoms with van der Waals surface area (Å²) in [6.07, 6.45) is 2.09. The Hall–Kier alpha value is -2.61. The van der Waals surface area contributed by atoms with Crippen LogP contribution in [0.4, 0.5) is 0 Å². The van der Waals surface area contributed by atoms with Crippen LogP contribution in [-0.2, 0) is 13.0 Å². The van der Waals surface area contributed by atoms with Gasteiger partial charge < -0.3 is 4.90 Å². The molecule has 0 aromatic heterocycles. The zero-order valence-electron chi connectivity index (χ0n) is 14.3. The monoisotopic (exact) mass is 317 g/mol. The molecule has 0 radical (unpaired) electrons. The van der Waals surface area contributed by atoms with Crippen LogP contribution in [0.1, 0.15) is 34.8 Å². The fraction of sp³-hybridized carbons (Fsp3) is 0.227. The second kappa shape index (κ2) is 7.31. The van der Waals surface area contributed by atoms with Crippen LogP contribution >= 0.6 is 0 Å². The van der Waals surface area contributed by atoms with Gasteiger partial charge in [0.25, 0.3) is 5.91 Å². The first kappa shape index (κ1) is 16.3. The van der Waals surface area contributed by atoms with E-state index in [9.17, 15) is 4.79 Å². The molecule has 2 heteroatoms. The van der Waals surface area contributed by atoms with Crippen LogP contribution in [0.2, 0.25) is 0 Å². The number of benzene rings is 3. The standard InChI is InChI=1S/C22H23NO/c1-3-8-17-9-6-12-19(15-17)22(24)23(2)16-20-13-7-11-18-10-4-5-14-21(18)20/h4-7,9-15H,3,8,16H2,1-2H3. The first-order chi connectivity index (χ1) is 11.7. The van der Waals surface area contributed by atoms with Crippen LogP contribution in [0.15, 0.2) is 66.7 Å².